The molecule has 2 aromatic heterocycles. The summed E-state index contributed by atoms with van der Waals surface area (Å²) in [5.74, 6) is 0. The summed E-state index contributed by atoms with van der Waals surface area (Å²) in [7, 11) is -3.69. The molecule has 0 aromatic carbocycles. The highest BCUT2D eigenvalue weighted by atomic mass is 32.2. The zero-order valence-corrected chi connectivity index (χ0v) is 12.9. The normalized spacial score (nSPS) is 11.7. The molecule has 0 aliphatic carbocycles. The Bertz CT molecular complexity index is 675. The predicted octanol–water partition coefficient (Wildman–Crippen LogP) is 0.926. The number of sulfonamides is 1. The number of rotatable bonds is 8. The van der Waals surface area contributed by atoms with E-state index in [2.05, 4.69) is 25.3 Å². The van der Waals surface area contributed by atoms with E-state index in [1.165, 1.54) is 12.4 Å². The van der Waals surface area contributed by atoms with Gasteiger partial charge in [-0.15, -0.1) is 0 Å². The average Bonchev–Trinajstić information content (AvgIpc) is 3.07. The Hall–Kier alpha value is -1.87. The van der Waals surface area contributed by atoms with Crippen molar-refractivity contribution in [1.29, 1.82) is 0 Å². The van der Waals surface area contributed by atoms with Gasteiger partial charge in [0.05, 0.1) is 18.1 Å². The molecule has 0 aliphatic heterocycles. The summed E-state index contributed by atoms with van der Waals surface area (Å²) in [6.45, 7) is 5.93. The Kier molecular flexibility index (Phi) is 4.97. The molecular formula is C12H20N6O2S. The number of H-pyrrole nitrogens is 1. The Morgan fingerprint density at radius 3 is 2.81 bits per heavy atom. The van der Waals surface area contributed by atoms with Crippen LogP contribution in [0.4, 0.5) is 5.69 Å². The van der Waals surface area contributed by atoms with E-state index >= 15 is 0 Å². The van der Waals surface area contributed by atoms with Gasteiger partial charge in [-0.1, -0.05) is 6.92 Å². The highest BCUT2D eigenvalue weighted by Crippen LogP contribution is 2.16. The van der Waals surface area contributed by atoms with Crippen molar-refractivity contribution < 1.29 is 8.42 Å². The minimum atomic E-state index is -3.69. The van der Waals surface area contributed by atoms with Crippen LogP contribution >= 0.6 is 0 Å². The average molecular weight is 312 g/mol. The molecule has 0 saturated carbocycles. The predicted molar refractivity (Wildman–Crippen MR) is 79.3 cm³/mol. The maximum atomic E-state index is 12.4. The molecule has 2 aromatic rings. The second-order valence-electron chi connectivity index (χ2n) is 4.59. The molecule has 0 unspecified atom stereocenters. The summed E-state index contributed by atoms with van der Waals surface area (Å²) in [5, 5.41) is 13.6. The van der Waals surface area contributed by atoms with Crippen molar-refractivity contribution >= 4 is 15.7 Å². The van der Waals surface area contributed by atoms with Crippen molar-refractivity contribution in [1.82, 2.24) is 25.3 Å². The molecule has 8 nitrogen and oxygen atoms in total. The van der Waals surface area contributed by atoms with Gasteiger partial charge in [-0.3, -0.25) is 14.5 Å². The summed E-state index contributed by atoms with van der Waals surface area (Å²) in [6, 6.07) is 0. The molecule has 2 heterocycles. The third-order valence-electron chi connectivity index (χ3n) is 2.90. The number of nitrogens with one attached hydrogen (secondary N) is 3. The van der Waals surface area contributed by atoms with Crippen LogP contribution in [0.25, 0.3) is 0 Å². The van der Waals surface area contributed by atoms with Crippen LogP contribution < -0.4 is 10.0 Å². The summed E-state index contributed by atoms with van der Waals surface area (Å²) >= 11 is 0. The molecule has 9 heteroatoms. The van der Waals surface area contributed by atoms with Crippen LogP contribution in [0.5, 0.6) is 0 Å². The summed E-state index contributed by atoms with van der Waals surface area (Å²) < 4.78 is 28.9. The van der Waals surface area contributed by atoms with E-state index in [4.69, 9.17) is 0 Å². The van der Waals surface area contributed by atoms with Gasteiger partial charge in [0, 0.05) is 24.8 Å². The maximum Gasteiger partial charge on any atom is 0.279 e. The topological polar surface area (TPSA) is 105 Å². The van der Waals surface area contributed by atoms with Gasteiger partial charge >= 0.3 is 0 Å². The van der Waals surface area contributed by atoms with Gasteiger partial charge in [-0.2, -0.15) is 18.6 Å². The third-order valence-corrected chi connectivity index (χ3v) is 4.29. The molecule has 116 valence electrons. The lowest BCUT2D eigenvalue weighted by Gasteiger charge is -2.07. The van der Waals surface area contributed by atoms with Gasteiger partial charge in [0.25, 0.3) is 10.0 Å². The summed E-state index contributed by atoms with van der Waals surface area (Å²) in [6.07, 6.45) is 5.62. The number of aromatic amines is 1. The smallest absolute Gasteiger partial charge is 0.279 e. The molecule has 3 N–H and O–H groups in total. The molecule has 0 spiro atoms. The third kappa shape index (κ3) is 3.82. The van der Waals surface area contributed by atoms with Crippen LogP contribution in [0.15, 0.2) is 23.6 Å². The van der Waals surface area contributed by atoms with E-state index in [0.29, 0.717) is 24.3 Å². The van der Waals surface area contributed by atoms with Crippen LogP contribution in [0.3, 0.4) is 0 Å². The van der Waals surface area contributed by atoms with Crippen LogP contribution in [-0.2, 0) is 23.1 Å². The van der Waals surface area contributed by atoms with Gasteiger partial charge in [-0.05, 0) is 19.9 Å². The minimum Gasteiger partial charge on any atom is -0.313 e. The fraction of sp³-hybridized carbons (Fsp3) is 0.500. The quantitative estimate of drug-likeness (QED) is 0.629. The zero-order chi connectivity index (χ0) is 15.3. The molecule has 0 radical (unpaired) electrons. The zero-order valence-electron chi connectivity index (χ0n) is 12.1. The van der Waals surface area contributed by atoms with Crippen molar-refractivity contribution in [2.75, 3.05) is 11.3 Å². The fourth-order valence-corrected chi connectivity index (χ4v) is 3.01. The second kappa shape index (κ2) is 6.72. The number of hydrogen-bond donors (Lipinski definition) is 3. The molecule has 0 atom stereocenters. The van der Waals surface area contributed by atoms with Gasteiger partial charge in [0.2, 0.25) is 0 Å². The first-order valence-corrected chi connectivity index (χ1v) is 8.33. The fourth-order valence-electron chi connectivity index (χ4n) is 1.85. The van der Waals surface area contributed by atoms with Gasteiger partial charge in [0.1, 0.15) is 0 Å². The Morgan fingerprint density at radius 2 is 2.14 bits per heavy atom. The molecule has 21 heavy (non-hydrogen) atoms. The van der Waals surface area contributed by atoms with Crippen molar-refractivity contribution in [2.24, 2.45) is 0 Å². The van der Waals surface area contributed by atoms with E-state index in [1.54, 1.807) is 10.9 Å². The summed E-state index contributed by atoms with van der Waals surface area (Å²) in [4.78, 5) is 0. The van der Waals surface area contributed by atoms with E-state index < -0.39 is 10.0 Å². The molecule has 2 rings (SSSR count). The Morgan fingerprint density at radius 1 is 1.33 bits per heavy atom. The number of nitrogens with zero attached hydrogens (tertiary/aromatic N) is 3. The van der Waals surface area contributed by atoms with Crippen molar-refractivity contribution in [3.05, 3.63) is 24.2 Å². The minimum absolute atomic E-state index is 0.0790. The van der Waals surface area contributed by atoms with Crippen LogP contribution in [0.2, 0.25) is 0 Å². The van der Waals surface area contributed by atoms with Gasteiger partial charge in [-0.25, -0.2) is 0 Å². The van der Waals surface area contributed by atoms with Crippen LogP contribution in [0, 0.1) is 0 Å². The Labute approximate surface area is 124 Å². The van der Waals surface area contributed by atoms with Crippen LogP contribution in [-0.4, -0.2) is 34.9 Å². The molecule has 0 saturated heterocycles. The van der Waals surface area contributed by atoms with E-state index in [-0.39, 0.29) is 5.03 Å². The summed E-state index contributed by atoms with van der Waals surface area (Å²) in [5.41, 5.74) is 1.04. The molecular weight excluding hydrogens is 292 g/mol. The molecule has 0 fully saturated rings. The SMILES string of the molecule is CCCNCc1cn[nH]c1S(=O)(=O)Nc1cnn(CC)c1. The number of hydrogen-bond acceptors (Lipinski definition) is 5. The van der Waals surface area contributed by atoms with Crippen LogP contribution in [0.1, 0.15) is 25.8 Å². The standard InChI is InChI=1S/C12H20N6O2S/c1-3-5-13-6-10-7-14-16-12(10)21(19,20)17-11-8-15-18(4-2)9-11/h7-9,13,17H,3-6H2,1-2H3,(H,14,16). The molecule has 0 amide bonds. The van der Waals surface area contributed by atoms with E-state index in [1.807, 2.05) is 13.8 Å². The lowest BCUT2D eigenvalue weighted by Crippen LogP contribution is -2.19. The number of anilines is 1. The van der Waals surface area contributed by atoms with E-state index in [9.17, 15) is 8.42 Å². The molecule has 0 aliphatic rings. The van der Waals surface area contributed by atoms with Crippen molar-refractivity contribution in [2.45, 2.75) is 38.4 Å². The Balaban J connectivity index is 2.13. The van der Waals surface area contributed by atoms with E-state index in [0.717, 1.165) is 13.0 Å². The van der Waals surface area contributed by atoms with Crippen molar-refractivity contribution in [3.63, 3.8) is 0 Å². The largest absolute Gasteiger partial charge is 0.313 e. The maximum absolute atomic E-state index is 12.4. The van der Waals surface area contributed by atoms with Crippen molar-refractivity contribution in [3.8, 4) is 0 Å². The first-order valence-electron chi connectivity index (χ1n) is 6.85. The number of aryl methyl sites for hydroxylation is 1. The highest BCUT2D eigenvalue weighted by molar-refractivity contribution is 7.92. The van der Waals surface area contributed by atoms with Gasteiger partial charge < -0.3 is 5.32 Å². The second-order valence-corrected chi connectivity index (χ2v) is 6.21. The first kappa shape index (κ1) is 15.5. The lowest BCUT2D eigenvalue weighted by molar-refractivity contribution is 0.593. The number of aromatic nitrogens is 4. The monoisotopic (exact) mass is 312 g/mol. The van der Waals surface area contributed by atoms with Gasteiger partial charge in [0.15, 0.2) is 5.03 Å². The first-order chi connectivity index (χ1) is 10.1. The highest BCUT2D eigenvalue weighted by Gasteiger charge is 2.21. The lowest BCUT2D eigenvalue weighted by atomic mass is 10.3. The molecule has 0 bridgehead atoms.